The molecule has 2 amide bonds. The highest BCUT2D eigenvalue weighted by atomic mass is 16.2. The molecule has 140 valence electrons. The monoisotopic (exact) mass is 364 g/mol. The van der Waals surface area contributed by atoms with Gasteiger partial charge in [-0.2, -0.15) is 5.10 Å². The van der Waals surface area contributed by atoms with Crippen molar-refractivity contribution in [1.82, 2.24) is 10.2 Å². The fourth-order valence-electron chi connectivity index (χ4n) is 4.33. The second-order valence-corrected chi connectivity index (χ2v) is 7.87. The minimum Gasteiger partial charge on any atom is -0.325 e. The number of nitrogens with one attached hydrogen (secondary N) is 3. The van der Waals surface area contributed by atoms with Gasteiger partial charge in [0.15, 0.2) is 0 Å². The average molecular weight is 364 g/mol. The predicted octanol–water partition coefficient (Wildman–Crippen LogP) is 3.82. The smallest absolute Gasteiger partial charge is 0.257 e. The summed E-state index contributed by atoms with van der Waals surface area (Å²) in [4.78, 5) is 25.9. The summed E-state index contributed by atoms with van der Waals surface area (Å²) >= 11 is 0. The van der Waals surface area contributed by atoms with E-state index >= 15 is 0 Å². The molecule has 2 bridgehead atoms. The van der Waals surface area contributed by atoms with Crippen LogP contribution in [-0.4, -0.2) is 22.0 Å². The highest BCUT2D eigenvalue weighted by molar-refractivity contribution is 6.11. The Hall–Kier alpha value is -2.89. The van der Waals surface area contributed by atoms with Crippen LogP contribution in [0.25, 0.3) is 0 Å². The highest BCUT2D eigenvalue weighted by Crippen LogP contribution is 2.52. The number of amides is 2. The summed E-state index contributed by atoms with van der Waals surface area (Å²) in [6.07, 6.45) is 6.29. The van der Waals surface area contributed by atoms with Gasteiger partial charge >= 0.3 is 0 Å². The van der Waals surface area contributed by atoms with Gasteiger partial charge in [-0.15, -0.1) is 0 Å². The zero-order valence-electron chi connectivity index (χ0n) is 15.8. The van der Waals surface area contributed by atoms with E-state index in [9.17, 15) is 9.59 Å². The molecular weight excluding hydrogens is 340 g/mol. The zero-order chi connectivity index (χ0) is 19.2. The number of para-hydroxylation sites is 1. The van der Waals surface area contributed by atoms with Crippen LogP contribution in [0.4, 0.5) is 11.4 Å². The largest absolute Gasteiger partial charge is 0.325 e. The Morgan fingerprint density at radius 1 is 1.19 bits per heavy atom. The second-order valence-electron chi connectivity index (χ2n) is 7.87. The Morgan fingerprint density at radius 3 is 2.59 bits per heavy atom. The Kier molecular flexibility index (Phi) is 4.13. The van der Waals surface area contributed by atoms with E-state index < -0.39 is 5.41 Å². The van der Waals surface area contributed by atoms with Crippen molar-refractivity contribution in [3.8, 4) is 0 Å². The number of aromatic amines is 1. The summed E-state index contributed by atoms with van der Waals surface area (Å²) in [5.74, 6) is 0.489. The van der Waals surface area contributed by atoms with Crippen molar-refractivity contribution >= 4 is 23.2 Å². The lowest BCUT2D eigenvalue weighted by molar-refractivity contribution is -0.126. The Balaban J connectivity index is 1.56. The lowest BCUT2D eigenvalue weighted by Crippen LogP contribution is -2.37. The molecule has 1 aromatic carbocycles. The first-order valence-corrected chi connectivity index (χ1v) is 9.30. The maximum atomic E-state index is 13.0. The van der Waals surface area contributed by atoms with Gasteiger partial charge in [0.2, 0.25) is 5.91 Å². The van der Waals surface area contributed by atoms with E-state index in [4.69, 9.17) is 0 Å². The Labute approximate surface area is 158 Å². The molecule has 1 aromatic heterocycles. The molecule has 0 radical (unpaired) electrons. The van der Waals surface area contributed by atoms with Crippen LogP contribution >= 0.6 is 0 Å². The second kappa shape index (κ2) is 6.37. The van der Waals surface area contributed by atoms with E-state index in [2.05, 4.69) is 33.0 Å². The van der Waals surface area contributed by atoms with Gasteiger partial charge in [-0.05, 0) is 50.7 Å². The minimum absolute atomic E-state index is 0.0183. The number of rotatable bonds is 4. The van der Waals surface area contributed by atoms with Crippen LogP contribution < -0.4 is 10.6 Å². The molecule has 2 aliphatic carbocycles. The number of fused-ring (bicyclic) bond motifs is 2. The molecule has 27 heavy (non-hydrogen) atoms. The molecule has 1 heterocycles. The van der Waals surface area contributed by atoms with Crippen molar-refractivity contribution in [3.63, 3.8) is 0 Å². The topological polar surface area (TPSA) is 86.9 Å². The standard InChI is InChI=1S/C21H24N4O2/c1-12-18(13(2)25-24-12)23-19(26)16-6-4-5-7-17(16)22-20(27)21(3)11-14-8-9-15(21)10-14/h4-9,14-15H,10-11H2,1-3H3,(H,22,27)(H,23,26)(H,24,25). The van der Waals surface area contributed by atoms with Crippen LogP contribution in [0.3, 0.4) is 0 Å². The summed E-state index contributed by atoms with van der Waals surface area (Å²) in [7, 11) is 0. The van der Waals surface area contributed by atoms with Crippen LogP contribution in [0.2, 0.25) is 0 Å². The van der Waals surface area contributed by atoms with E-state index in [1.54, 1.807) is 18.2 Å². The van der Waals surface area contributed by atoms with Crippen molar-refractivity contribution in [3.05, 3.63) is 53.4 Å². The third-order valence-corrected chi connectivity index (χ3v) is 5.98. The van der Waals surface area contributed by atoms with E-state index in [-0.39, 0.29) is 17.7 Å². The lowest BCUT2D eigenvalue weighted by atomic mass is 9.76. The number of allylic oxidation sites excluding steroid dienone is 2. The number of nitrogens with zero attached hydrogens (tertiary/aromatic N) is 1. The molecule has 6 heteroatoms. The average Bonchev–Trinajstić information content (AvgIpc) is 3.33. The number of benzene rings is 1. The molecule has 2 aromatic rings. The van der Waals surface area contributed by atoms with Crippen LogP contribution in [0.1, 0.15) is 41.5 Å². The molecule has 3 unspecified atom stereocenters. The van der Waals surface area contributed by atoms with Crippen LogP contribution in [-0.2, 0) is 4.79 Å². The molecule has 4 rings (SSSR count). The molecule has 0 spiro atoms. The number of H-pyrrole nitrogens is 1. The van der Waals surface area contributed by atoms with Crippen LogP contribution in [0.5, 0.6) is 0 Å². The van der Waals surface area contributed by atoms with E-state index in [1.165, 1.54) is 0 Å². The first kappa shape index (κ1) is 17.5. The molecule has 6 nitrogen and oxygen atoms in total. The van der Waals surface area contributed by atoms with E-state index in [0.29, 0.717) is 22.9 Å². The van der Waals surface area contributed by atoms with Crippen molar-refractivity contribution in [1.29, 1.82) is 0 Å². The van der Waals surface area contributed by atoms with Gasteiger partial charge in [-0.25, -0.2) is 0 Å². The van der Waals surface area contributed by atoms with Crippen molar-refractivity contribution in [2.45, 2.75) is 33.6 Å². The molecule has 2 aliphatic rings. The van der Waals surface area contributed by atoms with Gasteiger partial charge in [0.05, 0.1) is 33.7 Å². The maximum absolute atomic E-state index is 13.0. The van der Waals surface area contributed by atoms with Crippen LogP contribution in [0.15, 0.2) is 36.4 Å². The summed E-state index contributed by atoms with van der Waals surface area (Å²) in [5, 5.41) is 12.9. The number of anilines is 2. The molecule has 1 saturated carbocycles. The predicted molar refractivity (Wildman–Crippen MR) is 105 cm³/mol. The fraction of sp³-hybridized carbons (Fsp3) is 0.381. The minimum atomic E-state index is -0.416. The van der Waals surface area contributed by atoms with Gasteiger partial charge in [-0.3, -0.25) is 14.7 Å². The number of carbonyl (C=O) groups is 2. The molecule has 3 atom stereocenters. The number of aromatic nitrogens is 2. The third kappa shape index (κ3) is 2.95. The molecule has 0 saturated heterocycles. The first-order chi connectivity index (χ1) is 12.9. The van der Waals surface area contributed by atoms with Gasteiger partial charge in [-0.1, -0.05) is 31.2 Å². The van der Waals surface area contributed by atoms with Crippen molar-refractivity contribution < 1.29 is 9.59 Å². The van der Waals surface area contributed by atoms with E-state index in [0.717, 1.165) is 24.2 Å². The number of aryl methyl sites for hydroxylation is 2. The summed E-state index contributed by atoms with van der Waals surface area (Å²) in [6.45, 7) is 5.71. The Morgan fingerprint density at radius 2 is 1.96 bits per heavy atom. The summed E-state index contributed by atoms with van der Waals surface area (Å²) < 4.78 is 0. The lowest BCUT2D eigenvalue weighted by Gasteiger charge is -2.30. The van der Waals surface area contributed by atoms with Gasteiger partial charge < -0.3 is 10.6 Å². The van der Waals surface area contributed by atoms with Crippen molar-refractivity contribution in [2.75, 3.05) is 10.6 Å². The molecule has 0 aliphatic heterocycles. The zero-order valence-corrected chi connectivity index (χ0v) is 15.8. The first-order valence-electron chi connectivity index (χ1n) is 9.30. The van der Waals surface area contributed by atoms with E-state index in [1.807, 2.05) is 26.8 Å². The molecular formula is C21H24N4O2. The Bertz CT molecular complexity index is 926. The quantitative estimate of drug-likeness (QED) is 0.721. The van der Waals surface area contributed by atoms with Crippen LogP contribution in [0, 0.1) is 31.1 Å². The number of carbonyl (C=O) groups excluding carboxylic acids is 2. The SMILES string of the molecule is Cc1n[nH]c(C)c1NC(=O)c1ccccc1NC(=O)C1(C)CC2C=CC1C2. The molecule has 1 fully saturated rings. The van der Waals surface area contributed by atoms with Gasteiger partial charge in [0.1, 0.15) is 0 Å². The number of hydrogen-bond donors (Lipinski definition) is 3. The summed E-state index contributed by atoms with van der Waals surface area (Å²) in [6, 6.07) is 7.11. The molecule has 3 N–H and O–H groups in total. The fourth-order valence-corrected chi connectivity index (χ4v) is 4.33. The van der Waals surface area contributed by atoms with Gasteiger partial charge in [0, 0.05) is 0 Å². The summed E-state index contributed by atoms with van der Waals surface area (Å²) in [5.41, 5.74) is 2.75. The normalized spacial score (nSPS) is 25.6. The third-order valence-electron chi connectivity index (χ3n) is 5.98. The van der Waals surface area contributed by atoms with Gasteiger partial charge in [0.25, 0.3) is 5.91 Å². The maximum Gasteiger partial charge on any atom is 0.257 e. The van der Waals surface area contributed by atoms with Crippen molar-refractivity contribution in [2.24, 2.45) is 17.3 Å². The highest BCUT2D eigenvalue weighted by Gasteiger charge is 2.50. The number of hydrogen-bond acceptors (Lipinski definition) is 3.